The van der Waals surface area contributed by atoms with Gasteiger partial charge in [-0.1, -0.05) is 51.8 Å². The molecule has 3 atom stereocenters. The van der Waals surface area contributed by atoms with E-state index in [1.54, 1.807) is 33.9 Å². The lowest BCUT2D eigenvalue weighted by molar-refractivity contribution is -0.135. The number of para-hydroxylation sites is 1. The second-order valence-corrected chi connectivity index (χ2v) is 20.0. The van der Waals surface area contributed by atoms with Crippen LogP contribution in [-0.2, 0) is 24.4 Å². The Morgan fingerprint density at radius 3 is 2.52 bits per heavy atom. The van der Waals surface area contributed by atoms with Gasteiger partial charge in [-0.25, -0.2) is 23.2 Å². The lowest BCUT2D eigenvalue weighted by Crippen LogP contribution is -2.45. The number of nitrogens with zero attached hydrogens (tertiary/aromatic N) is 4. The van der Waals surface area contributed by atoms with Gasteiger partial charge >= 0.3 is 5.69 Å². The molecule has 0 bridgehead atoms. The van der Waals surface area contributed by atoms with Crippen LogP contribution < -0.4 is 21.5 Å². The van der Waals surface area contributed by atoms with Crippen LogP contribution in [0, 0.1) is 11.8 Å². The molecule has 316 valence electrons. The predicted molar refractivity (Wildman–Crippen MR) is 232 cm³/mol. The summed E-state index contributed by atoms with van der Waals surface area (Å²) >= 11 is 3.06. The minimum atomic E-state index is -3.47. The Morgan fingerprint density at radius 1 is 1.14 bits per heavy atom. The van der Waals surface area contributed by atoms with Gasteiger partial charge in [-0.2, -0.15) is 0 Å². The Hall–Kier alpha value is -4.35. The molecule has 17 heteroatoms. The first-order chi connectivity index (χ1) is 27.6. The minimum Gasteiger partial charge on any atom is -0.368 e. The number of hydrogen-bond acceptors (Lipinski definition) is 11. The molecular formula is C41H58N8O6S3. The number of aromatic amines is 1. The first-order valence-corrected chi connectivity index (χ1v) is 23.4. The van der Waals surface area contributed by atoms with E-state index >= 15 is 0 Å². The molecular weight excluding hydrogens is 797 g/mol. The number of carbonyl (C=O) groups excluding carboxylic acids is 3. The van der Waals surface area contributed by atoms with Crippen molar-refractivity contribution in [1.29, 1.82) is 0 Å². The van der Waals surface area contributed by atoms with E-state index in [9.17, 15) is 27.6 Å². The zero-order valence-electron chi connectivity index (χ0n) is 34.3. The number of fused-ring (bicyclic) bond motifs is 1. The quantitative estimate of drug-likeness (QED) is 0.0721. The van der Waals surface area contributed by atoms with Crippen LogP contribution in [0.3, 0.4) is 0 Å². The number of nitrogens with one attached hydrogen (secondary N) is 3. The predicted octanol–water partition coefficient (Wildman–Crippen LogP) is 6.95. The molecule has 1 saturated heterocycles. The maximum absolute atomic E-state index is 12.2. The molecule has 0 radical (unpaired) electrons. The van der Waals surface area contributed by atoms with Crippen LogP contribution in [0.2, 0.25) is 0 Å². The average molecular weight is 855 g/mol. The highest BCUT2D eigenvalue weighted by Crippen LogP contribution is 2.44. The highest BCUT2D eigenvalue weighted by atomic mass is 32.2. The van der Waals surface area contributed by atoms with Crippen LogP contribution in [0.25, 0.3) is 21.6 Å². The van der Waals surface area contributed by atoms with Crippen LogP contribution >= 0.6 is 22.7 Å². The second kappa shape index (κ2) is 19.6. The number of hydrogen-bond donors (Lipinski definition) is 4. The summed E-state index contributed by atoms with van der Waals surface area (Å²) in [5, 5.41) is 8.51. The summed E-state index contributed by atoms with van der Waals surface area (Å²) in [6.45, 7) is 12.9. The van der Waals surface area contributed by atoms with Crippen LogP contribution in [0.15, 0.2) is 52.1 Å². The fourth-order valence-electron chi connectivity index (χ4n) is 6.73. The van der Waals surface area contributed by atoms with Crippen LogP contribution in [0.5, 0.6) is 0 Å². The number of amides is 3. The van der Waals surface area contributed by atoms with Gasteiger partial charge < -0.3 is 20.9 Å². The molecule has 4 heterocycles. The number of unbranched alkanes of at least 4 members (excludes halogenated alkanes) is 3. The van der Waals surface area contributed by atoms with Crippen molar-refractivity contribution in [3.05, 3.63) is 63.5 Å². The van der Waals surface area contributed by atoms with Gasteiger partial charge in [-0.05, 0) is 89.7 Å². The van der Waals surface area contributed by atoms with Crippen molar-refractivity contribution in [2.45, 2.75) is 122 Å². The van der Waals surface area contributed by atoms with Crippen LogP contribution in [0.4, 0.5) is 5.13 Å². The first kappa shape index (κ1) is 44.7. The molecule has 5 N–H and O–H groups in total. The van der Waals surface area contributed by atoms with Gasteiger partial charge in [-0.3, -0.25) is 23.7 Å². The van der Waals surface area contributed by atoms with Gasteiger partial charge in [-0.15, -0.1) is 22.7 Å². The monoisotopic (exact) mass is 854 g/mol. The number of carbonyl (C=O) groups is 3. The normalized spacial score (nSPS) is 19.4. The summed E-state index contributed by atoms with van der Waals surface area (Å²) in [6, 6.07) is 5.67. The fourth-order valence-corrected chi connectivity index (χ4v) is 9.57. The third-order valence-corrected chi connectivity index (χ3v) is 14.5. The largest absolute Gasteiger partial charge is 0.368 e. The number of imidazole rings is 1. The minimum absolute atomic E-state index is 0.0620. The number of H-pyrrole nitrogens is 1. The number of aromatic nitrogens is 4. The van der Waals surface area contributed by atoms with Crippen molar-refractivity contribution < 1.29 is 22.8 Å². The van der Waals surface area contributed by atoms with Gasteiger partial charge in [0.2, 0.25) is 27.7 Å². The molecule has 2 saturated carbocycles. The summed E-state index contributed by atoms with van der Waals surface area (Å²) in [5.41, 5.74) is 9.10. The molecule has 3 amide bonds. The number of nitrogens with two attached hydrogens (primary N) is 1. The lowest BCUT2D eigenvalue weighted by atomic mass is 10.1. The summed E-state index contributed by atoms with van der Waals surface area (Å²) in [6.07, 6.45) is 14.1. The molecule has 3 unspecified atom stereocenters. The number of rotatable bonds is 15. The Labute approximate surface area is 349 Å². The number of sulfonamides is 1. The number of anilines is 1. The van der Waals surface area contributed by atoms with Gasteiger partial charge in [0.05, 0.1) is 28.0 Å². The van der Waals surface area contributed by atoms with E-state index in [4.69, 9.17) is 10.7 Å². The molecule has 58 heavy (non-hydrogen) atoms. The smallest absolute Gasteiger partial charge is 0.326 e. The van der Waals surface area contributed by atoms with Crippen molar-refractivity contribution in [3.63, 3.8) is 0 Å². The Morgan fingerprint density at radius 2 is 1.90 bits per heavy atom. The lowest BCUT2D eigenvalue weighted by Gasteiger charge is -2.22. The maximum atomic E-state index is 12.2. The number of likely N-dealkylation sites (tertiary alicyclic amines) is 1. The van der Waals surface area contributed by atoms with Crippen LogP contribution in [0.1, 0.15) is 117 Å². The fraction of sp³-hybridized carbons (Fsp3) is 0.561. The topological polar surface area (TPSA) is 202 Å². The Kier molecular flexibility index (Phi) is 15.1. The van der Waals surface area contributed by atoms with E-state index < -0.39 is 26.7 Å². The standard InChI is InChI=1S/C16H19N3OS.C15H25NO3S.C10H14N4O2S/c1-9(2)12-8-21-15(17-12)11-6-5-7-13-14(11)18-16(20)19(13)10(3)4;1-3-4-5-6-7-8-12-11-13(12)14(17)16-20(18,19)15(2)9-10-15;11-9(16)7-2-1-4-14(7)8(15)6-13-10-12-3-5-17-10/h5-10H,1-4H3,(H,18,20);7-8,12-13H,3-6,9-11H2,1-2H3,(H,16,17);3,5,7H,1-2,4,6H2,(H2,11,16)(H,12,13)/b;8-7-;. The molecule has 0 spiro atoms. The van der Waals surface area contributed by atoms with Crippen molar-refractivity contribution >= 4 is 66.6 Å². The summed E-state index contributed by atoms with van der Waals surface area (Å²) in [5.74, 6) is -0.352. The van der Waals surface area contributed by atoms with Crippen molar-refractivity contribution in [2.24, 2.45) is 17.6 Å². The van der Waals surface area contributed by atoms with E-state index in [2.05, 4.69) is 58.3 Å². The molecule has 3 aromatic heterocycles. The molecule has 7 rings (SSSR count). The average Bonchev–Trinajstić information content (AvgIpc) is 3.72. The van der Waals surface area contributed by atoms with Gasteiger partial charge in [0, 0.05) is 41.0 Å². The zero-order valence-corrected chi connectivity index (χ0v) is 36.8. The van der Waals surface area contributed by atoms with E-state index in [0.717, 1.165) is 46.6 Å². The van der Waals surface area contributed by atoms with Gasteiger partial charge in [0.1, 0.15) is 11.0 Å². The number of primary amides is 1. The summed E-state index contributed by atoms with van der Waals surface area (Å²) in [4.78, 5) is 60.4. The van der Waals surface area contributed by atoms with Gasteiger partial charge in [0.15, 0.2) is 5.13 Å². The summed E-state index contributed by atoms with van der Waals surface area (Å²) < 4.78 is 27.2. The highest BCUT2D eigenvalue weighted by Gasteiger charge is 2.52. The van der Waals surface area contributed by atoms with E-state index in [1.165, 1.54) is 30.6 Å². The second-order valence-electron chi connectivity index (χ2n) is 16.0. The molecule has 2 aliphatic carbocycles. The third-order valence-electron chi connectivity index (χ3n) is 10.7. The van der Waals surface area contributed by atoms with E-state index in [-0.39, 0.29) is 41.9 Å². The third kappa shape index (κ3) is 11.2. The molecule has 3 fully saturated rings. The Bertz CT molecular complexity index is 2220. The molecule has 1 aromatic carbocycles. The van der Waals surface area contributed by atoms with Crippen LogP contribution in [-0.4, -0.2) is 74.4 Å². The van der Waals surface area contributed by atoms with Gasteiger partial charge in [0.25, 0.3) is 0 Å². The van der Waals surface area contributed by atoms with Crippen molar-refractivity contribution in [1.82, 2.24) is 29.1 Å². The molecule has 14 nitrogen and oxygen atoms in total. The molecule has 1 aliphatic heterocycles. The van der Waals surface area contributed by atoms with Crippen molar-refractivity contribution in [3.8, 4) is 10.6 Å². The molecule has 3 aliphatic rings. The molecule has 4 aromatic rings. The Balaban J connectivity index is 0.000000167. The first-order valence-electron chi connectivity index (χ1n) is 20.2. The zero-order chi connectivity index (χ0) is 42.2. The maximum Gasteiger partial charge on any atom is 0.326 e. The summed E-state index contributed by atoms with van der Waals surface area (Å²) in [7, 11) is -3.47. The number of thiazole rings is 2. The number of allylic oxidation sites excluding steroid dienone is 2. The van der Waals surface area contributed by atoms with E-state index in [0.29, 0.717) is 36.9 Å². The SMILES string of the molecule is CC(C)c1csc(-c2cccc3c2[nH]c(=O)n3C(C)C)n1.CCCCC/C=C\C1CC1C(=O)NS(=O)(=O)C1(C)CC1.NC(=O)C1CCCN1C(=O)CNc1nccs1. The highest BCUT2D eigenvalue weighted by molar-refractivity contribution is 7.91. The van der Waals surface area contributed by atoms with E-state index in [1.807, 2.05) is 37.4 Å². The number of benzene rings is 1. The van der Waals surface area contributed by atoms with Crippen molar-refractivity contribution in [2.75, 3.05) is 18.4 Å².